The summed E-state index contributed by atoms with van der Waals surface area (Å²) in [7, 11) is 1.70. The van der Waals surface area contributed by atoms with Crippen molar-refractivity contribution in [3.63, 3.8) is 0 Å². The Hall–Kier alpha value is -0.750. The van der Waals surface area contributed by atoms with Crippen LogP contribution >= 0.6 is 27.3 Å². The lowest BCUT2D eigenvalue weighted by molar-refractivity contribution is 0.199. The van der Waals surface area contributed by atoms with E-state index in [1.165, 1.54) is 0 Å². The lowest BCUT2D eigenvalue weighted by Gasteiger charge is -2.00. The second kappa shape index (κ2) is 6.99. The van der Waals surface area contributed by atoms with Crippen LogP contribution in [-0.2, 0) is 11.3 Å². The molecule has 0 amide bonds. The van der Waals surface area contributed by atoms with Gasteiger partial charge in [0.05, 0.1) is 12.3 Å². The second-order valence-electron chi connectivity index (χ2n) is 3.82. The molecule has 0 saturated heterocycles. The summed E-state index contributed by atoms with van der Waals surface area (Å²) in [6.45, 7) is 2.36. The van der Waals surface area contributed by atoms with E-state index in [0.29, 0.717) is 0 Å². The van der Waals surface area contributed by atoms with Gasteiger partial charge in [-0.25, -0.2) is 4.98 Å². The van der Waals surface area contributed by atoms with Crippen LogP contribution in [0.3, 0.4) is 0 Å². The topological polar surface area (TPSA) is 34.1 Å². The molecule has 0 spiro atoms. The van der Waals surface area contributed by atoms with Crippen LogP contribution in [-0.4, -0.2) is 25.2 Å². The third-order valence-electron chi connectivity index (χ3n) is 2.41. The smallest absolute Gasteiger partial charge is 0.123 e. The average Bonchev–Trinajstić information content (AvgIpc) is 2.83. The molecule has 18 heavy (non-hydrogen) atoms. The highest BCUT2D eigenvalue weighted by atomic mass is 79.9. The van der Waals surface area contributed by atoms with Crippen LogP contribution in [0.5, 0.6) is 0 Å². The van der Waals surface area contributed by atoms with Gasteiger partial charge < -0.3 is 10.1 Å². The van der Waals surface area contributed by atoms with Gasteiger partial charge in [0, 0.05) is 35.6 Å². The summed E-state index contributed by atoms with van der Waals surface area (Å²) in [6, 6.07) is 8.20. The lowest BCUT2D eigenvalue weighted by atomic mass is 10.2. The molecular formula is C13H15BrN2OS. The third-order valence-corrected chi connectivity index (χ3v) is 3.85. The van der Waals surface area contributed by atoms with Gasteiger partial charge in [-0.1, -0.05) is 28.1 Å². The number of aromatic nitrogens is 1. The zero-order valence-electron chi connectivity index (χ0n) is 10.1. The molecule has 0 aliphatic carbocycles. The molecule has 2 rings (SSSR count). The molecule has 0 aliphatic rings. The number of nitrogens with zero attached hydrogens (tertiary/aromatic N) is 1. The predicted octanol–water partition coefficient (Wildman–Crippen LogP) is 3.31. The first kappa shape index (κ1) is 13.7. The summed E-state index contributed by atoms with van der Waals surface area (Å²) in [5.74, 6) is 0. The summed E-state index contributed by atoms with van der Waals surface area (Å²) < 4.78 is 6.06. The van der Waals surface area contributed by atoms with Crippen LogP contribution in [0.25, 0.3) is 10.6 Å². The highest BCUT2D eigenvalue weighted by molar-refractivity contribution is 9.10. The molecule has 3 nitrogen and oxygen atoms in total. The Morgan fingerprint density at radius 2 is 2.33 bits per heavy atom. The van der Waals surface area contributed by atoms with E-state index in [9.17, 15) is 0 Å². The Balaban J connectivity index is 1.97. The summed E-state index contributed by atoms with van der Waals surface area (Å²) in [6.07, 6.45) is 0. The maximum Gasteiger partial charge on any atom is 0.123 e. The molecule has 0 bridgehead atoms. The van der Waals surface area contributed by atoms with Crippen molar-refractivity contribution >= 4 is 27.3 Å². The van der Waals surface area contributed by atoms with Gasteiger partial charge in [0.2, 0.25) is 0 Å². The second-order valence-corrected chi connectivity index (χ2v) is 5.60. The molecule has 96 valence electrons. The van der Waals surface area contributed by atoms with Crippen molar-refractivity contribution in [2.75, 3.05) is 20.3 Å². The predicted molar refractivity (Wildman–Crippen MR) is 78.8 cm³/mol. The molecule has 0 aliphatic heterocycles. The average molecular weight is 327 g/mol. The fraction of sp³-hybridized carbons (Fsp3) is 0.308. The van der Waals surface area contributed by atoms with Gasteiger partial charge in [-0.2, -0.15) is 0 Å². The first-order valence-corrected chi connectivity index (χ1v) is 7.37. The monoisotopic (exact) mass is 326 g/mol. The number of nitrogens with one attached hydrogen (secondary N) is 1. The molecule has 0 radical (unpaired) electrons. The maximum atomic E-state index is 4.98. The van der Waals surface area contributed by atoms with E-state index in [4.69, 9.17) is 4.74 Å². The van der Waals surface area contributed by atoms with Crippen molar-refractivity contribution in [2.45, 2.75) is 6.54 Å². The Bertz CT molecular complexity index is 501. The summed E-state index contributed by atoms with van der Waals surface area (Å²) >= 11 is 5.15. The molecule has 1 aromatic heterocycles. The molecule has 5 heteroatoms. The number of hydrogen-bond acceptors (Lipinski definition) is 4. The lowest BCUT2D eigenvalue weighted by Crippen LogP contribution is -2.18. The standard InChI is InChI=1S/C13H15BrN2OS/c1-17-6-5-15-8-12-9-18-13(16-12)10-3-2-4-11(14)7-10/h2-4,7,9,15H,5-6,8H2,1H3. The molecule has 1 N–H and O–H groups in total. The van der Waals surface area contributed by atoms with Gasteiger partial charge in [-0.15, -0.1) is 11.3 Å². The molecule has 0 saturated carbocycles. The van der Waals surface area contributed by atoms with Gasteiger partial charge >= 0.3 is 0 Å². The highest BCUT2D eigenvalue weighted by Crippen LogP contribution is 2.26. The minimum absolute atomic E-state index is 0.725. The Morgan fingerprint density at radius 1 is 1.44 bits per heavy atom. The Morgan fingerprint density at radius 3 is 3.11 bits per heavy atom. The van der Waals surface area contributed by atoms with Crippen LogP contribution in [0, 0.1) is 0 Å². The summed E-state index contributed by atoms with van der Waals surface area (Å²) in [4.78, 5) is 4.61. The van der Waals surface area contributed by atoms with Crippen LogP contribution in [0.1, 0.15) is 5.69 Å². The zero-order valence-corrected chi connectivity index (χ0v) is 12.6. The van der Waals surface area contributed by atoms with Crippen molar-refractivity contribution in [1.82, 2.24) is 10.3 Å². The van der Waals surface area contributed by atoms with E-state index in [1.54, 1.807) is 18.4 Å². The van der Waals surface area contributed by atoms with E-state index in [-0.39, 0.29) is 0 Å². The fourth-order valence-corrected chi connectivity index (χ4v) is 2.75. The molecule has 1 heterocycles. The number of benzene rings is 1. The van der Waals surface area contributed by atoms with Crippen LogP contribution in [0.15, 0.2) is 34.1 Å². The number of rotatable bonds is 6. The van der Waals surface area contributed by atoms with Gasteiger partial charge in [-0.05, 0) is 12.1 Å². The van der Waals surface area contributed by atoms with Crippen molar-refractivity contribution in [3.8, 4) is 10.6 Å². The Labute approximate surface area is 119 Å². The fourth-order valence-electron chi connectivity index (χ4n) is 1.53. The van der Waals surface area contributed by atoms with E-state index in [1.807, 2.05) is 12.1 Å². The maximum absolute atomic E-state index is 4.98. The number of thiazole rings is 1. The quantitative estimate of drug-likeness (QED) is 0.827. The van der Waals surface area contributed by atoms with Crippen molar-refractivity contribution in [1.29, 1.82) is 0 Å². The number of ether oxygens (including phenoxy) is 1. The molecule has 1 aromatic carbocycles. The van der Waals surface area contributed by atoms with Crippen LogP contribution in [0.4, 0.5) is 0 Å². The molecule has 0 unspecified atom stereocenters. The van der Waals surface area contributed by atoms with Crippen LogP contribution < -0.4 is 5.32 Å². The zero-order chi connectivity index (χ0) is 12.8. The van der Waals surface area contributed by atoms with Gasteiger partial charge in [0.25, 0.3) is 0 Å². The number of hydrogen-bond donors (Lipinski definition) is 1. The van der Waals surface area contributed by atoms with E-state index < -0.39 is 0 Å². The van der Waals surface area contributed by atoms with Crippen molar-refractivity contribution < 1.29 is 4.74 Å². The number of halogens is 1. The summed E-state index contributed by atoms with van der Waals surface area (Å²) in [5.41, 5.74) is 2.23. The first-order valence-electron chi connectivity index (χ1n) is 5.69. The minimum Gasteiger partial charge on any atom is -0.383 e. The number of methoxy groups -OCH3 is 1. The normalized spacial score (nSPS) is 10.8. The van der Waals surface area contributed by atoms with Gasteiger partial charge in [0.1, 0.15) is 5.01 Å². The van der Waals surface area contributed by atoms with E-state index in [2.05, 4.69) is 43.7 Å². The highest BCUT2D eigenvalue weighted by Gasteiger charge is 2.04. The Kier molecular flexibility index (Phi) is 5.31. The van der Waals surface area contributed by atoms with Gasteiger partial charge in [0.15, 0.2) is 0 Å². The largest absolute Gasteiger partial charge is 0.383 e. The van der Waals surface area contributed by atoms with Crippen molar-refractivity contribution in [2.24, 2.45) is 0 Å². The third kappa shape index (κ3) is 3.88. The van der Waals surface area contributed by atoms with E-state index in [0.717, 1.165) is 40.4 Å². The molecular weight excluding hydrogens is 312 g/mol. The van der Waals surface area contributed by atoms with Crippen LogP contribution in [0.2, 0.25) is 0 Å². The molecule has 0 atom stereocenters. The minimum atomic E-state index is 0.725. The SMILES string of the molecule is COCCNCc1csc(-c2cccc(Br)c2)n1. The van der Waals surface area contributed by atoms with Crippen molar-refractivity contribution in [3.05, 3.63) is 39.8 Å². The van der Waals surface area contributed by atoms with Gasteiger partial charge in [-0.3, -0.25) is 0 Å². The molecule has 2 aromatic rings. The molecule has 0 fully saturated rings. The van der Waals surface area contributed by atoms with E-state index >= 15 is 0 Å². The first-order chi connectivity index (χ1) is 8.79. The summed E-state index contributed by atoms with van der Waals surface area (Å²) in [5, 5.41) is 6.44.